The van der Waals surface area contributed by atoms with E-state index in [9.17, 15) is 10.2 Å². The van der Waals surface area contributed by atoms with E-state index in [1.165, 1.54) is 0 Å². The molecule has 0 fully saturated rings. The second-order valence-corrected chi connectivity index (χ2v) is 4.16. The molecule has 5 nitrogen and oxygen atoms in total. The highest BCUT2D eigenvalue weighted by atomic mass is 16.3. The van der Waals surface area contributed by atoms with Gasteiger partial charge >= 0.3 is 0 Å². The van der Waals surface area contributed by atoms with E-state index in [1.807, 2.05) is 18.2 Å². The number of rotatable bonds is 5. The second kappa shape index (κ2) is 5.77. The molecule has 0 saturated carbocycles. The van der Waals surface area contributed by atoms with Crippen molar-refractivity contribution in [1.29, 1.82) is 0 Å². The molecule has 2 aromatic rings. The van der Waals surface area contributed by atoms with Crippen LogP contribution in [0.1, 0.15) is 11.7 Å². The van der Waals surface area contributed by atoms with Crippen molar-refractivity contribution in [2.75, 3.05) is 13.6 Å². The SMILES string of the molecule is CNCC(O)C(O)c1ccc(-c2ccn[nH]2)cc1. The first-order valence-corrected chi connectivity index (χ1v) is 5.83. The highest BCUT2D eigenvalue weighted by molar-refractivity contribution is 5.58. The fourth-order valence-corrected chi connectivity index (χ4v) is 1.82. The molecule has 1 heterocycles. The Bertz CT molecular complexity index is 467. The van der Waals surface area contributed by atoms with Gasteiger partial charge in [-0.3, -0.25) is 5.10 Å². The number of likely N-dealkylation sites (N-methyl/N-ethyl adjacent to an activating group) is 1. The maximum Gasteiger partial charge on any atom is 0.106 e. The summed E-state index contributed by atoms with van der Waals surface area (Å²) in [5, 5.41) is 29.2. The van der Waals surface area contributed by atoms with Gasteiger partial charge in [-0.2, -0.15) is 5.10 Å². The van der Waals surface area contributed by atoms with Gasteiger partial charge in [0.25, 0.3) is 0 Å². The van der Waals surface area contributed by atoms with E-state index < -0.39 is 12.2 Å². The van der Waals surface area contributed by atoms with E-state index in [4.69, 9.17) is 0 Å². The number of nitrogens with zero attached hydrogens (tertiary/aromatic N) is 1. The molecule has 1 aromatic carbocycles. The van der Waals surface area contributed by atoms with E-state index in [0.717, 1.165) is 11.3 Å². The summed E-state index contributed by atoms with van der Waals surface area (Å²) < 4.78 is 0. The molecule has 0 amide bonds. The molecule has 0 radical (unpaired) electrons. The van der Waals surface area contributed by atoms with Crippen molar-refractivity contribution in [3.63, 3.8) is 0 Å². The monoisotopic (exact) mass is 247 g/mol. The molecular formula is C13H17N3O2. The molecule has 18 heavy (non-hydrogen) atoms. The van der Waals surface area contributed by atoms with Gasteiger partial charge in [-0.05, 0) is 24.2 Å². The third kappa shape index (κ3) is 2.76. The highest BCUT2D eigenvalue weighted by Crippen LogP contribution is 2.21. The van der Waals surface area contributed by atoms with Crippen LogP contribution in [0.25, 0.3) is 11.3 Å². The van der Waals surface area contributed by atoms with Crippen molar-refractivity contribution in [3.8, 4) is 11.3 Å². The van der Waals surface area contributed by atoms with Crippen LogP contribution in [0, 0.1) is 0 Å². The molecule has 0 bridgehead atoms. The number of hydrogen-bond donors (Lipinski definition) is 4. The Balaban J connectivity index is 2.12. The van der Waals surface area contributed by atoms with Crippen molar-refractivity contribution in [3.05, 3.63) is 42.1 Å². The summed E-state index contributed by atoms with van der Waals surface area (Å²) in [5.74, 6) is 0. The Morgan fingerprint density at radius 1 is 1.22 bits per heavy atom. The van der Waals surface area contributed by atoms with Gasteiger partial charge in [-0.25, -0.2) is 0 Å². The van der Waals surface area contributed by atoms with Gasteiger partial charge < -0.3 is 15.5 Å². The summed E-state index contributed by atoms with van der Waals surface area (Å²) in [5.41, 5.74) is 2.61. The predicted octanol–water partition coefficient (Wildman–Crippen LogP) is 0.690. The summed E-state index contributed by atoms with van der Waals surface area (Å²) in [6, 6.07) is 9.26. The van der Waals surface area contributed by atoms with Crippen LogP contribution >= 0.6 is 0 Å². The lowest BCUT2D eigenvalue weighted by Crippen LogP contribution is -2.29. The number of aliphatic hydroxyl groups excluding tert-OH is 2. The third-order valence-electron chi connectivity index (χ3n) is 2.84. The highest BCUT2D eigenvalue weighted by Gasteiger charge is 2.17. The van der Waals surface area contributed by atoms with Crippen LogP contribution in [0.15, 0.2) is 36.5 Å². The Kier molecular flexibility index (Phi) is 4.09. The maximum absolute atomic E-state index is 9.93. The van der Waals surface area contributed by atoms with Crippen LogP contribution in [-0.2, 0) is 0 Å². The van der Waals surface area contributed by atoms with Crippen molar-refractivity contribution in [2.24, 2.45) is 0 Å². The lowest BCUT2D eigenvalue weighted by atomic mass is 10.0. The molecule has 0 aliphatic heterocycles. The molecule has 96 valence electrons. The Morgan fingerprint density at radius 2 is 1.94 bits per heavy atom. The summed E-state index contributed by atoms with van der Waals surface area (Å²) in [7, 11) is 1.73. The van der Waals surface area contributed by atoms with Gasteiger partial charge in [-0.1, -0.05) is 24.3 Å². The summed E-state index contributed by atoms with van der Waals surface area (Å²) in [4.78, 5) is 0. The van der Waals surface area contributed by atoms with E-state index in [1.54, 1.807) is 25.4 Å². The molecule has 5 heteroatoms. The number of aromatic nitrogens is 2. The molecule has 2 atom stereocenters. The summed E-state index contributed by atoms with van der Waals surface area (Å²) in [6.07, 6.45) is -0.00402. The fraction of sp³-hybridized carbons (Fsp3) is 0.308. The first-order valence-electron chi connectivity index (χ1n) is 5.83. The Hall–Kier alpha value is -1.69. The molecule has 0 saturated heterocycles. The average molecular weight is 247 g/mol. The van der Waals surface area contributed by atoms with Crippen LogP contribution in [0.4, 0.5) is 0 Å². The summed E-state index contributed by atoms with van der Waals surface area (Å²) in [6.45, 7) is 0.351. The molecule has 1 aromatic heterocycles. The number of nitrogens with one attached hydrogen (secondary N) is 2. The predicted molar refractivity (Wildman–Crippen MR) is 68.9 cm³/mol. The van der Waals surface area contributed by atoms with Gasteiger partial charge in [0.05, 0.1) is 11.8 Å². The maximum atomic E-state index is 9.93. The van der Waals surface area contributed by atoms with E-state index in [-0.39, 0.29) is 0 Å². The van der Waals surface area contributed by atoms with E-state index in [0.29, 0.717) is 12.1 Å². The van der Waals surface area contributed by atoms with Crippen LogP contribution < -0.4 is 5.32 Å². The first kappa shape index (κ1) is 12.8. The largest absolute Gasteiger partial charge is 0.389 e. The van der Waals surface area contributed by atoms with Crippen LogP contribution in [-0.4, -0.2) is 40.1 Å². The van der Waals surface area contributed by atoms with Gasteiger partial charge in [0.15, 0.2) is 0 Å². The van der Waals surface area contributed by atoms with Crippen molar-refractivity contribution >= 4 is 0 Å². The van der Waals surface area contributed by atoms with Crippen LogP contribution in [0.5, 0.6) is 0 Å². The van der Waals surface area contributed by atoms with E-state index in [2.05, 4.69) is 15.5 Å². The van der Waals surface area contributed by atoms with Gasteiger partial charge in [0.2, 0.25) is 0 Å². The van der Waals surface area contributed by atoms with Crippen molar-refractivity contribution in [2.45, 2.75) is 12.2 Å². The van der Waals surface area contributed by atoms with Gasteiger partial charge in [-0.15, -0.1) is 0 Å². The zero-order chi connectivity index (χ0) is 13.0. The Labute approximate surface area is 105 Å². The van der Waals surface area contributed by atoms with Crippen LogP contribution in [0.3, 0.4) is 0 Å². The summed E-state index contributed by atoms with van der Waals surface area (Å²) >= 11 is 0. The smallest absolute Gasteiger partial charge is 0.106 e. The second-order valence-electron chi connectivity index (χ2n) is 4.16. The van der Waals surface area contributed by atoms with Gasteiger partial charge in [0, 0.05) is 12.7 Å². The van der Waals surface area contributed by atoms with Crippen molar-refractivity contribution in [1.82, 2.24) is 15.5 Å². The average Bonchev–Trinajstić information content (AvgIpc) is 2.92. The molecule has 0 spiro atoms. The minimum Gasteiger partial charge on any atom is -0.389 e. The molecule has 0 aliphatic carbocycles. The van der Waals surface area contributed by atoms with Crippen LogP contribution in [0.2, 0.25) is 0 Å². The first-order chi connectivity index (χ1) is 8.72. The molecule has 2 rings (SSSR count). The standard InChI is InChI=1S/C13H17N3O2/c1-14-8-12(17)13(18)10-4-2-9(3-5-10)11-6-7-15-16-11/h2-7,12-14,17-18H,8H2,1H3,(H,15,16). The van der Waals surface area contributed by atoms with E-state index >= 15 is 0 Å². The fourth-order valence-electron chi connectivity index (χ4n) is 1.82. The number of aliphatic hydroxyl groups is 2. The quantitative estimate of drug-likeness (QED) is 0.626. The number of aromatic amines is 1. The topological polar surface area (TPSA) is 81.2 Å². The normalized spacial score (nSPS) is 14.4. The molecule has 0 aliphatic rings. The lowest BCUT2D eigenvalue weighted by Gasteiger charge is -2.17. The lowest BCUT2D eigenvalue weighted by molar-refractivity contribution is 0.0202. The zero-order valence-electron chi connectivity index (χ0n) is 10.2. The minimum atomic E-state index is -0.881. The number of hydrogen-bond acceptors (Lipinski definition) is 4. The van der Waals surface area contributed by atoms with Crippen molar-refractivity contribution < 1.29 is 10.2 Å². The number of H-pyrrole nitrogens is 1. The zero-order valence-corrected chi connectivity index (χ0v) is 10.2. The third-order valence-corrected chi connectivity index (χ3v) is 2.84. The van der Waals surface area contributed by atoms with Gasteiger partial charge in [0.1, 0.15) is 6.10 Å². The molecule has 4 N–H and O–H groups in total. The number of benzene rings is 1. The Morgan fingerprint density at radius 3 is 2.50 bits per heavy atom. The minimum absolute atomic E-state index is 0.351. The molecular weight excluding hydrogens is 230 g/mol. The molecule has 2 unspecified atom stereocenters.